The van der Waals surface area contributed by atoms with Crippen LogP contribution in [0.25, 0.3) is 0 Å². The van der Waals surface area contributed by atoms with Crippen molar-refractivity contribution in [2.24, 2.45) is 0 Å². The SMILES string of the molecule is O=C([O-])C1=CC(O)C(O)C(CCO)O1.[Na+]. The van der Waals surface area contributed by atoms with Gasteiger partial charge in [-0.1, -0.05) is 0 Å². The first kappa shape index (κ1) is 14.9. The number of aliphatic carboxylic acids is 1. The molecule has 0 aromatic heterocycles. The molecule has 6 nitrogen and oxygen atoms in total. The maximum absolute atomic E-state index is 10.4. The molecule has 1 rings (SSSR count). The molecule has 15 heavy (non-hydrogen) atoms. The van der Waals surface area contributed by atoms with Gasteiger partial charge in [-0.25, -0.2) is 0 Å². The molecule has 1 aliphatic heterocycles. The van der Waals surface area contributed by atoms with Crippen LogP contribution >= 0.6 is 0 Å². The first-order chi connectivity index (χ1) is 6.56. The molecule has 0 saturated carbocycles. The van der Waals surface area contributed by atoms with Crippen LogP contribution in [0, 0.1) is 0 Å². The van der Waals surface area contributed by atoms with E-state index in [0.29, 0.717) is 0 Å². The number of hydrogen-bond acceptors (Lipinski definition) is 6. The number of hydrogen-bond donors (Lipinski definition) is 3. The second kappa shape index (κ2) is 6.47. The van der Waals surface area contributed by atoms with Crippen molar-refractivity contribution in [1.29, 1.82) is 0 Å². The van der Waals surface area contributed by atoms with Crippen molar-refractivity contribution in [3.05, 3.63) is 11.8 Å². The van der Waals surface area contributed by atoms with Crippen molar-refractivity contribution in [2.45, 2.75) is 24.7 Å². The summed E-state index contributed by atoms with van der Waals surface area (Å²) >= 11 is 0. The molecule has 0 radical (unpaired) electrons. The molecule has 1 aliphatic rings. The monoisotopic (exact) mass is 226 g/mol. The van der Waals surface area contributed by atoms with Crippen molar-refractivity contribution in [1.82, 2.24) is 0 Å². The van der Waals surface area contributed by atoms with Crippen LogP contribution in [0.2, 0.25) is 0 Å². The van der Waals surface area contributed by atoms with Crippen LogP contribution in [0.5, 0.6) is 0 Å². The summed E-state index contributed by atoms with van der Waals surface area (Å²) in [7, 11) is 0. The smallest absolute Gasteiger partial charge is 0.542 e. The summed E-state index contributed by atoms with van der Waals surface area (Å²) in [6.07, 6.45) is -2.55. The van der Waals surface area contributed by atoms with Gasteiger partial charge in [-0.2, -0.15) is 0 Å². The predicted octanol–water partition coefficient (Wildman–Crippen LogP) is -5.87. The number of ether oxygens (including phenoxy) is 1. The Hall–Kier alpha value is -0.110. The Bertz CT molecular complexity index is 254. The van der Waals surface area contributed by atoms with Crippen molar-refractivity contribution in [3.63, 3.8) is 0 Å². The van der Waals surface area contributed by atoms with E-state index in [1.54, 1.807) is 0 Å². The summed E-state index contributed by atoms with van der Waals surface area (Å²) in [5.74, 6) is -2.07. The second-order valence-electron chi connectivity index (χ2n) is 2.97. The molecule has 0 spiro atoms. The zero-order valence-electron chi connectivity index (χ0n) is 8.29. The Balaban J connectivity index is 0.00000196. The van der Waals surface area contributed by atoms with Crippen LogP contribution in [-0.2, 0) is 9.53 Å². The van der Waals surface area contributed by atoms with Gasteiger partial charge < -0.3 is 30.0 Å². The fourth-order valence-electron chi connectivity index (χ4n) is 1.22. The topological polar surface area (TPSA) is 110 Å². The third kappa shape index (κ3) is 3.75. The number of aliphatic hydroxyl groups excluding tert-OH is 3. The zero-order valence-corrected chi connectivity index (χ0v) is 10.3. The summed E-state index contributed by atoms with van der Waals surface area (Å²) in [5.41, 5.74) is 0. The van der Waals surface area contributed by atoms with Crippen LogP contribution in [0.15, 0.2) is 11.8 Å². The Kier molecular flexibility index (Phi) is 6.42. The van der Waals surface area contributed by atoms with Crippen LogP contribution in [0.3, 0.4) is 0 Å². The normalized spacial score (nSPS) is 29.8. The molecule has 0 saturated heterocycles. The number of rotatable bonds is 3. The second-order valence-corrected chi connectivity index (χ2v) is 2.97. The first-order valence-corrected chi connectivity index (χ1v) is 4.13. The van der Waals surface area contributed by atoms with Gasteiger partial charge in [0.2, 0.25) is 0 Å². The van der Waals surface area contributed by atoms with E-state index >= 15 is 0 Å². The molecule has 0 amide bonds. The van der Waals surface area contributed by atoms with E-state index in [1.807, 2.05) is 0 Å². The molecule has 3 atom stereocenters. The summed E-state index contributed by atoms with van der Waals surface area (Å²) in [6, 6.07) is 0. The minimum Gasteiger partial charge on any atom is -0.542 e. The first-order valence-electron chi connectivity index (χ1n) is 4.13. The van der Waals surface area contributed by atoms with Gasteiger partial charge in [0.05, 0.1) is 0 Å². The Morgan fingerprint density at radius 2 is 2.13 bits per heavy atom. The van der Waals surface area contributed by atoms with Crippen LogP contribution in [0.4, 0.5) is 0 Å². The summed E-state index contributed by atoms with van der Waals surface area (Å²) in [5, 5.41) is 37.5. The Labute approximate surface area is 108 Å². The minimum atomic E-state index is -1.56. The quantitative estimate of drug-likeness (QED) is 0.413. The van der Waals surface area contributed by atoms with Crippen molar-refractivity contribution in [2.75, 3.05) is 6.61 Å². The molecule has 1 heterocycles. The largest absolute Gasteiger partial charge is 1.00 e. The minimum absolute atomic E-state index is 0. The van der Waals surface area contributed by atoms with E-state index in [9.17, 15) is 20.1 Å². The number of carboxylic acids is 1. The standard InChI is InChI=1S/C8H12O6.Na/c9-2-1-5-7(11)4(10)3-6(14-5)8(12)13;/h3-5,7,9-11H,1-2H2,(H,12,13);/q;+1/p-1. The molecular formula is C8H11NaO6. The third-order valence-corrected chi connectivity index (χ3v) is 1.95. The van der Waals surface area contributed by atoms with Gasteiger partial charge in [-0.15, -0.1) is 0 Å². The average molecular weight is 226 g/mol. The average Bonchev–Trinajstić information content (AvgIpc) is 2.12. The molecule has 0 aromatic carbocycles. The van der Waals surface area contributed by atoms with Crippen LogP contribution in [0.1, 0.15) is 6.42 Å². The number of carbonyl (C=O) groups is 1. The molecule has 0 aromatic rings. The maximum atomic E-state index is 10.4. The Morgan fingerprint density at radius 3 is 2.60 bits per heavy atom. The van der Waals surface area contributed by atoms with Gasteiger partial charge in [-0.3, -0.25) is 0 Å². The molecule has 0 bridgehead atoms. The maximum Gasteiger partial charge on any atom is 1.00 e. The van der Waals surface area contributed by atoms with Crippen LogP contribution in [-0.4, -0.2) is 46.2 Å². The van der Waals surface area contributed by atoms with Gasteiger partial charge in [-0.05, 0) is 6.08 Å². The van der Waals surface area contributed by atoms with Gasteiger partial charge in [0.15, 0.2) is 0 Å². The van der Waals surface area contributed by atoms with E-state index in [1.165, 1.54) is 0 Å². The zero-order chi connectivity index (χ0) is 10.7. The summed E-state index contributed by atoms with van der Waals surface area (Å²) in [4.78, 5) is 10.4. The molecule has 3 N–H and O–H groups in total. The van der Waals surface area contributed by atoms with Gasteiger partial charge in [0.1, 0.15) is 30.0 Å². The molecular weight excluding hydrogens is 215 g/mol. The number of carboxylic acid groups (broad SMARTS) is 1. The molecule has 0 fully saturated rings. The van der Waals surface area contributed by atoms with E-state index in [-0.39, 0.29) is 42.6 Å². The van der Waals surface area contributed by atoms with Crippen LogP contribution < -0.4 is 34.7 Å². The van der Waals surface area contributed by atoms with Gasteiger partial charge >= 0.3 is 29.6 Å². The van der Waals surface area contributed by atoms with Crippen molar-refractivity contribution >= 4 is 5.97 Å². The van der Waals surface area contributed by atoms with Gasteiger partial charge in [0.25, 0.3) is 0 Å². The third-order valence-electron chi connectivity index (χ3n) is 1.95. The van der Waals surface area contributed by atoms with E-state index in [2.05, 4.69) is 0 Å². The Morgan fingerprint density at radius 1 is 1.53 bits per heavy atom. The summed E-state index contributed by atoms with van der Waals surface area (Å²) in [6.45, 7) is -0.269. The van der Waals surface area contributed by atoms with Crippen molar-refractivity contribution < 1.29 is 59.5 Å². The molecule has 80 valence electrons. The molecule has 0 aliphatic carbocycles. The number of carbonyl (C=O) groups excluding carboxylic acids is 1. The van der Waals surface area contributed by atoms with E-state index < -0.39 is 30.0 Å². The molecule has 3 unspecified atom stereocenters. The molecule has 7 heteroatoms. The summed E-state index contributed by atoms with van der Waals surface area (Å²) < 4.78 is 4.80. The van der Waals surface area contributed by atoms with E-state index in [4.69, 9.17) is 9.84 Å². The van der Waals surface area contributed by atoms with Crippen molar-refractivity contribution in [3.8, 4) is 0 Å². The predicted molar refractivity (Wildman–Crippen MR) is 41.7 cm³/mol. The fourth-order valence-corrected chi connectivity index (χ4v) is 1.22. The van der Waals surface area contributed by atoms with Gasteiger partial charge in [0, 0.05) is 13.0 Å². The number of aliphatic hydroxyl groups is 3. The van der Waals surface area contributed by atoms with E-state index in [0.717, 1.165) is 6.08 Å². The fraction of sp³-hybridized carbons (Fsp3) is 0.625.